The first kappa shape index (κ1) is 21.0. The molecule has 0 spiro atoms. The third kappa shape index (κ3) is 3.64. The molecule has 0 unspecified atom stereocenters. The first-order valence-electron chi connectivity index (χ1n) is 8.93. The normalized spacial score (nSPS) is 11.1. The number of benzene rings is 4. The summed E-state index contributed by atoms with van der Waals surface area (Å²) in [5.41, 5.74) is 11.2. The molecular formula is C25H17Cl2Hf. The minimum absolute atomic E-state index is 0. The van der Waals surface area contributed by atoms with Crippen molar-refractivity contribution in [3.8, 4) is 33.4 Å². The molecular weight excluding hydrogens is 550 g/mol. The average molecular weight is 567 g/mol. The van der Waals surface area contributed by atoms with Crippen LogP contribution in [0.3, 0.4) is 0 Å². The summed E-state index contributed by atoms with van der Waals surface area (Å²) in [6, 6.07) is 33.1. The molecule has 0 nitrogen and oxygen atoms in total. The Morgan fingerprint density at radius 2 is 1.11 bits per heavy atom. The third-order valence-electron chi connectivity index (χ3n) is 5.27. The fourth-order valence-electron chi connectivity index (χ4n) is 3.95. The van der Waals surface area contributed by atoms with Gasteiger partial charge in [0.15, 0.2) is 0 Å². The SMILES string of the molecule is [Cl-].[Cl-].[Hf+2][c]1c(-c2ccccc2)ccc2c1Cc1cc(-c3ccccc3)ccc1-2. The Balaban J connectivity index is 0.00000112. The van der Waals surface area contributed by atoms with Gasteiger partial charge in [-0.2, -0.15) is 0 Å². The molecule has 0 aromatic heterocycles. The van der Waals surface area contributed by atoms with Gasteiger partial charge >= 0.3 is 170 Å². The quantitative estimate of drug-likeness (QED) is 0.259. The Morgan fingerprint density at radius 3 is 1.79 bits per heavy atom. The van der Waals surface area contributed by atoms with E-state index in [1.54, 1.807) is 8.88 Å². The van der Waals surface area contributed by atoms with Crippen LogP contribution in [0.2, 0.25) is 0 Å². The average Bonchev–Trinajstić information content (AvgIpc) is 3.08. The van der Waals surface area contributed by atoms with Crippen molar-refractivity contribution in [2.24, 2.45) is 0 Å². The van der Waals surface area contributed by atoms with Crippen molar-refractivity contribution in [1.29, 1.82) is 0 Å². The van der Waals surface area contributed by atoms with Crippen LogP contribution in [0.25, 0.3) is 33.4 Å². The summed E-state index contributed by atoms with van der Waals surface area (Å²) in [6.45, 7) is 0. The van der Waals surface area contributed by atoms with Crippen LogP contribution >= 0.6 is 0 Å². The van der Waals surface area contributed by atoms with Crippen LogP contribution < -0.4 is 28.1 Å². The summed E-state index contributed by atoms with van der Waals surface area (Å²) in [4.78, 5) is 0. The predicted octanol–water partition coefficient (Wildman–Crippen LogP) is -0.228. The summed E-state index contributed by atoms with van der Waals surface area (Å²) in [5.74, 6) is 0. The van der Waals surface area contributed by atoms with E-state index in [-0.39, 0.29) is 24.8 Å². The molecule has 28 heavy (non-hydrogen) atoms. The molecule has 5 rings (SSSR count). The molecule has 135 valence electrons. The molecule has 0 bridgehead atoms. The Kier molecular flexibility index (Phi) is 6.60. The van der Waals surface area contributed by atoms with Crippen molar-refractivity contribution < 1.29 is 49.2 Å². The van der Waals surface area contributed by atoms with Crippen molar-refractivity contribution in [1.82, 2.24) is 0 Å². The second-order valence-corrected chi connectivity index (χ2v) is 8.59. The van der Waals surface area contributed by atoms with Crippen LogP contribution in [-0.2, 0) is 30.8 Å². The van der Waals surface area contributed by atoms with Gasteiger partial charge in [0, 0.05) is 0 Å². The maximum atomic E-state index is 2.38. The molecule has 0 saturated heterocycles. The second-order valence-electron chi connectivity index (χ2n) is 6.79. The van der Waals surface area contributed by atoms with E-state index in [9.17, 15) is 0 Å². The number of hydrogen-bond donors (Lipinski definition) is 0. The fraction of sp³-hybridized carbons (Fsp3) is 0.0400. The van der Waals surface area contributed by atoms with Gasteiger partial charge in [0.05, 0.1) is 0 Å². The molecule has 4 aromatic rings. The van der Waals surface area contributed by atoms with E-state index in [2.05, 4.69) is 91.0 Å². The zero-order valence-corrected chi connectivity index (χ0v) is 20.2. The number of hydrogen-bond acceptors (Lipinski definition) is 0. The molecule has 0 atom stereocenters. The molecule has 3 heteroatoms. The molecule has 0 amide bonds. The van der Waals surface area contributed by atoms with Crippen LogP contribution in [0.1, 0.15) is 11.1 Å². The van der Waals surface area contributed by atoms with Gasteiger partial charge in [0.1, 0.15) is 0 Å². The fourth-order valence-corrected chi connectivity index (χ4v) is 5.56. The van der Waals surface area contributed by atoms with Crippen LogP contribution in [0.4, 0.5) is 0 Å². The number of fused-ring (bicyclic) bond motifs is 3. The third-order valence-corrected chi connectivity index (χ3v) is 7.32. The van der Waals surface area contributed by atoms with Gasteiger partial charge in [0.2, 0.25) is 0 Å². The summed E-state index contributed by atoms with van der Waals surface area (Å²) in [7, 11) is 0. The first-order chi connectivity index (χ1) is 12.8. The number of halogens is 2. The first-order valence-corrected chi connectivity index (χ1v) is 10.7. The molecule has 1 aliphatic carbocycles. The van der Waals surface area contributed by atoms with E-state index in [1.807, 2.05) is 0 Å². The minimum atomic E-state index is 0. The van der Waals surface area contributed by atoms with E-state index in [1.165, 1.54) is 38.9 Å². The van der Waals surface area contributed by atoms with Crippen molar-refractivity contribution in [2.75, 3.05) is 0 Å². The van der Waals surface area contributed by atoms with Crippen LogP contribution in [0, 0.1) is 0 Å². The van der Waals surface area contributed by atoms with E-state index in [0.29, 0.717) is 0 Å². The molecule has 4 aromatic carbocycles. The zero-order valence-electron chi connectivity index (χ0n) is 15.1. The number of rotatable bonds is 2. The van der Waals surface area contributed by atoms with Crippen molar-refractivity contribution in [3.63, 3.8) is 0 Å². The Morgan fingerprint density at radius 1 is 0.536 bits per heavy atom. The summed E-state index contributed by atoms with van der Waals surface area (Å²) in [5, 5.41) is 0. The van der Waals surface area contributed by atoms with E-state index in [0.717, 1.165) is 30.8 Å². The van der Waals surface area contributed by atoms with Crippen molar-refractivity contribution >= 4 is 3.32 Å². The molecule has 0 radical (unpaired) electrons. The molecule has 0 fully saturated rings. The molecule has 0 aliphatic heterocycles. The molecule has 0 N–H and O–H groups in total. The van der Waals surface area contributed by atoms with E-state index < -0.39 is 0 Å². The summed E-state index contributed by atoms with van der Waals surface area (Å²) in [6.07, 6.45) is 1.06. The predicted molar refractivity (Wildman–Crippen MR) is 105 cm³/mol. The molecule has 0 saturated carbocycles. The second kappa shape index (κ2) is 8.78. The monoisotopic (exact) mass is 567 g/mol. The van der Waals surface area contributed by atoms with Gasteiger partial charge in [-0.15, -0.1) is 0 Å². The standard InChI is InChI=1S/C25H17.2ClH.Hf/c1-3-7-18(8-4-1)20-11-13-24-22(15-20)17-23-16-21(12-14-25(23)24)19-9-5-2-6-10-19;;;/h1-15H,17H2;2*1H;/q;;;+2/p-2. The van der Waals surface area contributed by atoms with Gasteiger partial charge in [-0.1, -0.05) is 0 Å². The van der Waals surface area contributed by atoms with E-state index >= 15 is 0 Å². The van der Waals surface area contributed by atoms with Gasteiger partial charge < -0.3 is 24.8 Å². The zero-order chi connectivity index (χ0) is 17.5. The Bertz CT molecular complexity index is 1110. The Labute approximate surface area is 193 Å². The van der Waals surface area contributed by atoms with Crippen LogP contribution in [0.5, 0.6) is 0 Å². The van der Waals surface area contributed by atoms with Crippen molar-refractivity contribution in [2.45, 2.75) is 6.42 Å². The van der Waals surface area contributed by atoms with Gasteiger partial charge in [-0.3, -0.25) is 0 Å². The molecule has 0 heterocycles. The summed E-state index contributed by atoms with van der Waals surface area (Å²) < 4.78 is 1.55. The Hall–Kier alpha value is -1.67. The van der Waals surface area contributed by atoms with Crippen LogP contribution in [-0.4, -0.2) is 0 Å². The molecule has 1 aliphatic rings. The van der Waals surface area contributed by atoms with E-state index in [4.69, 9.17) is 0 Å². The van der Waals surface area contributed by atoms with Gasteiger partial charge in [-0.25, -0.2) is 0 Å². The summed E-state index contributed by atoms with van der Waals surface area (Å²) >= 11 is 1.07. The van der Waals surface area contributed by atoms with Crippen LogP contribution in [0.15, 0.2) is 91.0 Å². The topological polar surface area (TPSA) is 0 Å². The van der Waals surface area contributed by atoms with Gasteiger partial charge in [0.25, 0.3) is 0 Å². The van der Waals surface area contributed by atoms with Gasteiger partial charge in [-0.05, 0) is 0 Å². The van der Waals surface area contributed by atoms with Crippen molar-refractivity contribution in [3.05, 3.63) is 102 Å². The maximum absolute atomic E-state index is 2.38.